The maximum atomic E-state index is 13.2. The van der Waals surface area contributed by atoms with Gasteiger partial charge in [-0.3, -0.25) is 0 Å². The summed E-state index contributed by atoms with van der Waals surface area (Å²) < 4.78 is 23.1. The molecule has 1 N–H and O–H groups in total. The molecule has 0 aliphatic heterocycles. The van der Waals surface area contributed by atoms with Gasteiger partial charge in [-0.1, -0.05) is 6.07 Å². The number of methoxy groups -OCH3 is 2. The number of hydrogen-bond donors (Lipinski definition) is 1. The van der Waals surface area contributed by atoms with Crippen LogP contribution in [0.2, 0.25) is 0 Å². The Balaban J connectivity index is 2.74. The number of halogens is 1. The molecule has 0 saturated carbocycles. The van der Waals surface area contributed by atoms with Crippen molar-refractivity contribution in [2.75, 3.05) is 26.1 Å². The highest BCUT2D eigenvalue weighted by atomic mass is 19.1. The lowest BCUT2D eigenvalue weighted by molar-refractivity contribution is -0.0914. The van der Waals surface area contributed by atoms with Crippen molar-refractivity contribution >= 4 is 5.69 Å². The summed E-state index contributed by atoms with van der Waals surface area (Å²) in [4.78, 5) is 0. The minimum absolute atomic E-state index is 0.00606. The Morgan fingerprint density at radius 1 is 1.44 bits per heavy atom. The Hall–Kier alpha value is -1.64. The molecule has 0 fully saturated rings. The monoisotopic (exact) mass is 224 g/mol. The summed E-state index contributed by atoms with van der Waals surface area (Å²) in [7, 11) is 3.01. The second kappa shape index (κ2) is 6.05. The lowest BCUT2D eigenvalue weighted by atomic mass is 10.2. The third-order valence-electron chi connectivity index (χ3n) is 2.11. The lowest BCUT2D eigenvalue weighted by Crippen LogP contribution is -2.24. The molecule has 0 aliphatic carbocycles. The normalized spacial score (nSPS) is 10.2. The average Bonchev–Trinajstić information content (AvgIpc) is 2.30. The van der Waals surface area contributed by atoms with Gasteiger partial charge in [0, 0.05) is 14.2 Å². The minimum Gasteiger partial charge on any atom is -0.379 e. The quantitative estimate of drug-likeness (QED) is 0.774. The van der Waals surface area contributed by atoms with E-state index >= 15 is 0 Å². The first-order valence-corrected chi connectivity index (χ1v) is 4.71. The molecule has 0 atom stereocenters. The predicted octanol–water partition coefficient (Wildman–Crippen LogP) is 1.73. The van der Waals surface area contributed by atoms with Gasteiger partial charge in [-0.2, -0.15) is 5.26 Å². The summed E-state index contributed by atoms with van der Waals surface area (Å²) in [5.41, 5.74) is 0.426. The van der Waals surface area contributed by atoms with E-state index in [4.69, 9.17) is 14.7 Å². The number of benzene rings is 1. The van der Waals surface area contributed by atoms with Gasteiger partial charge in [-0.15, -0.1) is 0 Å². The second-order valence-corrected chi connectivity index (χ2v) is 3.06. The second-order valence-electron chi connectivity index (χ2n) is 3.06. The molecule has 16 heavy (non-hydrogen) atoms. The first-order chi connectivity index (χ1) is 7.72. The standard InChI is InChI=1S/C11H13FN2O2/c1-15-11(16-2)7-14-10-5-3-4-9(12)8(10)6-13/h3-5,11,14H,7H2,1-2H3. The molecule has 5 heteroatoms. The van der Waals surface area contributed by atoms with Crippen molar-refractivity contribution in [1.82, 2.24) is 0 Å². The molecule has 0 aliphatic rings. The highest BCUT2D eigenvalue weighted by Gasteiger charge is 2.09. The number of hydrogen-bond acceptors (Lipinski definition) is 4. The van der Waals surface area contributed by atoms with Crippen LogP contribution in [0.4, 0.5) is 10.1 Å². The fourth-order valence-electron chi connectivity index (χ4n) is 1.24. The summed E-state index contributed by atoms with van der Waals surface area (Å²) in [5.74, 6) is -0.543. The molecule has 1 rings (SSSR count). The van der Waals surface area contributed by atoms with E-state index in [1.807, 2.05) is 0 Å². The lowest BCUT2D eigenvalue weighted by Gasteiger charge is -2.15. The van der Waals surface area contributed by atoms with Crippen molar-refractivity contribution in [3.8, 4) is 6.07 Å². The van der Waals surface area contributed by atoms with E-state index in [9.17, 15) is 4.39 Å². The fourth-order valence-corrected chi connectivity index (χ4v) is 1.24. The highest BCUT2D eigenvalue weighted by Crippen LogP contribution is 2.17. The van der Waals surface area contributed by atoms with Gasteiger partial charge >= 0.3 is 0 Å². The Morgan fingerprint density at radius 3 is 2.69 bits per heavy atom. The van der Waals surface area contributed by atoms with Crippen LogP contribution in [0.5, 0.6) is 0 Å². The van der Waals surface area contributed by atoms with E-state index in [1.54, 1.807) is 12.1 Å². The summed E-state index contributed by atoms with van der Waals surface area (Å²) in [6.07, 6.45) is -0.435. The van der Waals surface area contributed by atoms with Crippen LogP contribution in [-0.4, -0.2) is 27.1 Å². The smallest absolute Gasteiger partial charge is 0.173 e. The van der Waals surface area contributed by atoms with Gasteiger partial charge in [0.25, 0.3) is 0 Å². The summed E-state index contributed by atoms with van der Waals surface area (Å²) in [5, 5.41) is 11.7. The van der Waals surface area contributed by atoms with Gasteiger partial charge in [0.15, 0.2) is 6.29 Å². The topological polar surface area (TPSA) is 54.3 Å². The van der Waals surface area contributed by atoms with Gasteiger partial charge in [-0.25, -0.2) is 4.39 Å². The highest BCUT2D eigenvalue weighted by molar-refractivity contribution is 5.57. The van der Waals surface area contributed by atoms with Crippen LogP contribution >= 0.6 is 0 Å². The molecule has 86 valence electrons. The van der Waals surface area contributed by atoms with Crippen LogP contribution in [0.15, 0.2) is 18.2 Å². The van der Waals surface area contributed by atoms with Crippen LogP contribution in [0.3, 0.4) is 0 Å². The van der Waals surface area contributed by atoms with Gasteiger partial charge in [0.1, 0.15) is 17.4 Å². The molecule has 0 aromatic heterocycles. The minimum atomic E-state index is -0.543. The van der Waals surface area contributed by atoms with E-state index in [1.165, 1.54) is 26.4 Å². The Morgan fingerprint density at radius 2 is 2.12 bits per heavy atom. The molecule has 0 bridgehead atoms. The summed E-state index contributed by atoms with van der Waals surface area (Å²) in [6, 6.07) is 6.21. The number of nitrogens with one attached hydrogen (secondary N) is 1. The number of nitrogens with zero attached hydrogens (tertiary/aromatic N) is 1. The zero-order valence-electron chi connectivity index (χ0n) is 9.16. The van der Waals surface area contributed by atoms with Crippen molar-refractivity contribution in [1.29, 1.82) is 5.26 Å². The van der Waals surface area contributed by atoms with Crippen molar-refractivity contribution < 1.29 is 13.9 Å². The first kappa shape index (κ1) is 12.4. The number of rotatable bonds is 5. The Bertz CT molecular complexity index is 386. The third kappa shape index (κ3) is 2.92. The van der Waals surface area contributed by atoms with E-state index in [-0.39, 0.29) is 5.56 Å². The summed E-state index contributed by atoms with van der Waals surface area (Å²) >= 11 is 0. The molecular formula is C11H13FN2O2. The van der Waals surface area contributed by atoms with Crippen molar-refractivity contribution in [2.45, 2.75) is 6.29 Å². The van der Waals surface area contributed by atoms with Crippen molar-refractivity contribution in [2.24, 2.45) is 0 Å². The molecule has 0 amide bonds. The van der Waals surface area contributed by atoms with Gasteiger partial charge in [0.2, 0.25) is 0 Å². The van der Waals surface area contributed by atoms with Crippen LogP contribution < -0.4 is 5.32 Å². The maximum Gasteiger partial charge on any atom is 0.173 e. The van der Waals surface area contributed by atoms with Gasteiger partial charge < -0.3 is 14.8 Å². The zero-order chi connectivity index (χ0) is 12.0. The molecule has 0 radical (unpaired) electrons. The molecule has 1 aromatic rings. The maximum absolute atomic E-state index is 13.2. The number of anilines is 1. The molecule has 4 nitrogen and oxygen atoms in total. The molecule has 1 aromatic carbocycles. The van der Waals surface area contributed by atoms with Crippen molar-refractivity contribution in [3.63, 3.8) is 0 Å². The van der Waals surface area contributed by atoms with Crippen LogP contribution in [0.25, 0.3) is 0 Å². The van der Waals surface area contributed by atoms with E-state index in [0.29, 0.717) is 12.2 Å². The molecule has 0 unspecified atom stereocenters. The Kier molecular flexibility index (Phi) is 4.70. The van der Waals surface area contributed by atoms with Crippen LogP contribution in [-0.2, 0) is 9.47 Å². The van der Waals surface area contributed by atoms with E-state index < -0.39 is 12.1 Å². The Labute approximate surface area is 93.6 Å². The van der Waals surface area contributed by atoms with Gasteiger partial charge in [-0.05, 0) is 12.1 Å². The first-order valence-electron chi connectivity index (χ1n) is 4.71. The predicted molar refractivity (Wildman–Crippen MR) is 57.4 cm³/mol. The molecule has 0 heterocycles. The SMILES string of the molecule is COC(CNc1cccc(F)c1C#N)OC. The number of ether oxygens (including phenoxy) is 2. The summed E-state index contributed by atoms with van der Waals surface area (Å²) in [6.45, 7) is 0.338. The molecule has 0 spiro atoms. The van der Waals surface area contributed by atoms with Gasteiger partial charge in [0.05, 0.1) is 12.2 Å². The molecular weight excluding hydrogens is 211 g/mol. The fraction of sp³-hybridized carbons (Fsp3) is 0.364. The third-order valence-corrected chi connectivity index (χ3v) is 2.11. The zero-order valence-corrected chi connectivity index (χ0v) is 9.16. The average molecular weight is 224 g/mol. The van der Waals surface area contributed by atoms with E-state index in [0.717, 1.165) is 0 Å². The van der Waals surface area contributed by atoms with Crippen molar-refractivity contribution in [3.05, 3.63) is 29.6 Å². The molecule has 0 saturated heterocycles. The van der Waals surface area contributed by atoms with E-state index in [2.05, 4.69) is 5.32 Å². The largest absolute Gasteiger partial charge is 0.379 e. The number of nitriles is 1. The van der Waals surface area contributed by atoms with Crippen LogP contribution in [0, 0.1) is 17.1 Å². The van der Waals surface area contributed by atoms with Crippen LogP contribution in [0.1, 0.15) is 5.56 Å².